The van der Waals surface area contributed by atoms with Crippen molar-refractivity contribution in [2.45, 2.75) is 78.3 Å². The highest BCUT2D eigenvalue weighted by molar-refractivity contribution is 7.91. The molecule has 2 aliphatic heterocycles. The summed E-state index contributed by atoms with van der Waals surface area (Å²) in [5.41, 5.74) is 0.661. The molecule has 0 spiro atoms. The van der Waals surface area contributed by atoms with Crippen LogP contribution in [0.2, 0.25) is 0 Å². The van der Waals surface area contributed by atoms with Crippen LogP contribution in [-0.4, -0.2) is 67.3 Å². The lowest BCUT2D eigenvalue weighted by Gasteiger charge is -2.40. The van der Waals surface area contributed by atoms with E-state index < -0.39 is 9.84 Å². The molecule has 0 aromatic carbocycles. The average Bonchev–Trinajstić information content (AvgIpc) is 2.95. The predicted molar refractivity (Wildman–Crippen MR) is 105 cm³/mol. The fourth-order valence-corrected chi connectivity index (χ4v) is 7.62. The highest BCUT2D eigenvalue weighted by Crippen LogP contribution is 2.52. The molecule has 0 aromatic rings. The molecular weight excluding hydrogens is 348 g/mol. The predicted octanol–water partition coefficient (Wildman–Crippen LogP) is 2.70. The summed E-state index contributed by atoms with van der Waals surface area (Å²) in [6.07, 6.45) is 6.13. The fourth-order valence-electron chi connectivity index (χ4n) is 5.89. The Morgan fingerprint density at radius 3 is 2.58 bits per heavy atom. The zero-order valence-corrected chi connectivity index (χ0v) is 17.8. The molecule has 3 rings (SSSR count). The van der Waals surface area contributed by atoms with Gasteiger partial charge in [-0.3, -0.25) is 9.69 Å². The van der Waals surface area contributed by atoms with E-state index in [9.17, 15) is 13.2 Å². The number of fused-ring (bicyclic) bond motifs is 2. The van der Waals surface area contributed by atoms with Crippen LogP contribution < -0.4 is 0 Å². The molecule has 1 aliphatic carbocycles. The number of hydrogen-bond acceptors (Lipinski definition) is 4. The summed E-state index contributed by atoms with van der Waals surface area (Å²) in [7, 11) is -2.97. The van der Waals surface area contributed by atoms with Crippen LogP contribution in [0.15, 0.2) is 0 Å². The molecule has 0 radical (unpaired) electrons. The second-order valence-corrected chi connectivity index (χ2v) is 12.3. The number of sulfone groups is 1. The van der Waals surface area contributed by atoms with Gasteiger partial charge in [-0.1, -0.05) is 34.1 Å². The number of hydrogen-bond donors (Lipinski definition) is 0. The van der Waals surface area contributed by atoms with E-state index >= 15 is 0 Å². The number of carbonyl (C=O) groups is 1. The molecule has 3 unspecified atom stereocenters. The van der Waals surface area contributed by atoms with Crippen molar-refractivity contribution in [3.8, 4) is 0 Å². The Bertz CT molecular complexity index is 645. The monoisotopic (exact) mass is 384 g/mol. The van der Waals surface area contributed by atoms with Crippen LogP contribution in [0.3, 0.4) is 0 Å². The molecule has 1 amide bonds. The number of rotatable bonds is 6. The number of likely N-dealkylation sites (tertiary alicyclic amines) is 1. The maximum Gasteiger partial charge on any atom is 0.237 e. The van der Waals surface area contributed by atoms with Gasteiger partial charge < -0.3 is 4.90 Å². The van der Waals surface area contributed by atoms with Gasteiger partial charge in [-0.25, -0.2) is 8.42 Å². The second kappa shape index (κ2) is 7.08. The fraction of sp³-hybridized carbons (Fsp3) is 0.950. The molecule has 2 saturated heterocycles. The first-order valence-electron chi connectivity index (χ1n) is 10.3. The molecule has 2 heterocycles. The quantitative estimate of drug-likeness (QED) is 0.706. The van der Waals surface area contributed by atoms with Crippen molar-refractivity contribution in [1.29, 1.82) is 0 Å². The lowest BCUT2D eigenvalue weighted by Crippen LogP contribution is -2.47. The Morgan fingerprint density at radius 1 is 1.23 bits per heavy atom. The first-order chi connectivity index (χ1) is 12.0. The van der Waals surface area contributed by atoms with Crippen molar-refractivity contribution in [3.05, 3.63) is 0 Å². The molecule has 2 bridgehead atoms. The van der Waals surface area contributed by atoms with Crippen molar-refractivity contribution >= 4 is 15.7 Å². The van der Waals surface area contributed by atoms with Crippen molar-refractivity contribution in [1.82, 2.24) is 9.80 Å². The third-order valence-electron chi connectivity index (χ3n) is 6.58. The third-order valence-corrected chi connectivity index (χ3v) is 8.33. The van der Waals surface area contributed by atoms with Gasteiger partial charge in [0.15, 0.2) is 9.84 Å². The number of nitrogens with zero attached hydrogens (tertiary/aromatic N) is 2. The molecule has 0 N–H and O–H groups in total. The molecule has 6 heteroatoms. The largest absolute Gasteiger partial charge is 0.338 e. The lowest BCUT2D eigenvalue weighted by atomic mass is 9.65. The van der Waals surface area contributed by atoms with Gasteiger partial charge in [0.05, 0.1) is 18.1 Å². The maximum atomic E-state index is 13.1. The molecular formula is C20H36N2O3S. The SMILES string of the molecule is CCCCN(C(=O)CN1CC2(C)CC1CC(C)(C)C2)C1CCS(=O)(=O)C1. The average molecular weight is 385 g/mol. The molecule has 26 heavy (non-hydrogen) atoms. The van der Waals surface area contributed by atoms with E-state index in [0.29, 0.717) is 36.4 Å². The standard InChI is InChI=1S/C20H36N2O3S/c1-5-6-8-22(16-7-9-26(24,25)13-16)18(23)12-21-15-20(4)11-17(21)10-19(2,3)14-20/h16-17H,5-15H2,1-4H3. The summed E-state index contributed by atoms with van der Waals surface area (Å²) in [5, 5.41) is 0. The van der Waals surface area contributed by atoms with Crippen LogP contribution in [0, 0.1) is 10.8 Å². The summed E-state index contributed by atoms with van der Waals surface area (Å²) in [6.45, 7) is 11.3. The minimum Gasteiger partial charge on any atom is -0.338 e. The van der Waals surface area contributed by atoms with Gasteiger partial charge in [0.25, 0.3) is 0 Å². The van der Waals surface area contributed by atoms with Gasteiger partial charge in [0.2, 0.25) is 5.91 Å². The first kappa shape index (κ1) is 20.1. The van der Waals surface area contributed by atoms with E-state index in [1.165, 1.54) is 12.8 Å². The Labute approximate surface area is 159 Å². The number of carbonyl (C=O) groups excluding carboxylic acids is 1. The summed E-state index contributed by atoms with van der Waals surface area (Å²) in [4.78, 5) is 17.4. The maximum absolute atomic E-state index is 13.1. The van der Waals surface area contributed by atoms with E-state index in [0.717, 1.165) is 25.8 Å². The third kappa shape index (κ3) is 4.44. The smallest absolute Gasteiger partial charge is 0.237 e. The molecule has 5 nitrogen and oxygen atoms in total. The van der Waals surface area contributed by atoms with E-state index in [4.69, 9.17) is 0 Å². The normalized spacial score (nSPS) is 35.5. The van der Waals surface area contributed by atoms with Crippen molar-refractivity contribution in [2.24, 2.45) is 10.8 Å². The van der Waals surface area contributed by atoms with E-state index in [1.54, 1.807) is 0 Å². The molecule has 1 saturated carbocycles. The second-order valence-electron chi connectivity index (χ2n) is 10.1. The lowest BCUT2D eigenvalue weighted by molar-refractivity contribution is -0.134. The molecule has 150 valence electrons. The highest BCUT2D eigenvalue weighted by atomic mass is 32.2. The zero-order chi connectivity index (χ0) is 19.2. The Hall–Kier alpha value is -0.620. The zero-order valence-electron chi connectivity index (χ0n) is 17.0. The Kier molecular flexibility index (Phi) is 5.48. The molecule has 3 fully saturated rings. The van der Waals surface area contributed by atoms with Gasteiger partial charge in [0, 0.05) is 25.2 Å². The van der Waals surface area contributed by atoms with Gasteiger partial charge in [-0.05, 0) is 42.9 Å². The van der Waals surface area contributed by atoms with Gasteiger partial charge in [-0.2, -0.15) is 0 Å². The molecule has 3 atom stereocenters. The summed E-state index contributed by atoms with van der Waals surface area (Å²) in [5.74, 6) is 0.512. The van der Waals surface area contributed by atoms with E-state index in [-0.39, 0.29) is 23.5 Å². The van der Waals surface area contributed by atoms with Crippen molar-refractivity contribution < 1.29 is 13.2 Å². The number of unbranched alkanes of at least 4 members (excludes halogenated alkanes) is 1. The van der Waals surface area contributed by atoms with Crippen molar-refractivity contribution in [2.75, 3.05) is 31.1 Å². The Balaban J connectivity index is 1.68. The summed E-state index contributed by atoms with van der Waals surface area (Å²) in [6, 6.07) is 0.376. The van der Waals surface area contributed by atoms with Crippen LogP contribution in [0.1, 0.15) is 66.2 Å². The van der Waals surface area contributed by atoms with Crippen LogP contribution in [0.4, 0.5) is 0 Å². The first-order valence-corrected chi connectivity index (χ1v) is 12.1. The van der Waals surface area contributed by atoms with Crippen LogP contribution >= 0.6 is 0 Å². The van der Waals surface area contributed by atoms with Crippen molar-refractivity contribution in [3.63, 3.8) is 0 Å². The van der Waals surface area contributed by atoms with Gasteiger partial charge in [-0.15, -0.1) is 0 Å². The van der Waals surface area contributed by atoms with Crippen LogP contribution in [0.5, 0.6) is 0 Å². The molecule has 3 aliphatic rings. The molecule has 0 aromatic heterocycles. The topological polar surface area (TPSA) is 57.7 Å². The minimum atomic E-state index is -2.97. The van der Waals surface area contributed by atoms with Crippen LogP contribution in [0.25, 0.3) is 0 Å². The highest BCUT2D eigenvalue weighted by Gasteiger charge is 2.50. The van der Waals surface area contributed by atoms with Gasteiger partial charge >= 0.3 is 0 Å². The minimum absolute atomic E-state index is 0.118. The number of amides is 1. The van der Waals surface area contributed by atoms with E-state index in [1.807, 2.05) is 4.90 Å². The van der Waals surface area contributed by atoms with E-state index in [2.05, 4.69) is 32.6 Å². The summed E-state index contributed by atoms with van der Waals surface area (Å²) >= 11 is 0. The Morgan fingerprint density at radius 2 is 1.96 bits per heavy atom. The van der Waals surface area contributed by atoms with Gasteiger partial charge in [0.1, 0.15) is 0 Å². The summed E-state index contributed by atoms with van der Waals surface area (Å²) < 4.78 is 23.8. The van der Waals surface area contributed by atoms with Crippen LogP contribution in [-0.2, 0) is 14.6 Å².